The van der Waals surface area contributed by atoms with Crippen molar-refractivity contribution in [2.45, 2.75) is 13.1 Å². The molecule has 2 rings (SSSR count). The highest BCUT2D eigenvalue weighted by molar-refractivity contribution is 5.34. The quantitative estimate of drug-likeness (QED) is 0.787. The van der Waals surface area contributed by atoms with Crippen molar-refractivity contribution in [1.82, 2.24) is 14.9 Å². The zero-order valence-electron chi connectivity index (χ0n) is 11.8. The Morgan fingerprint density at radius 1 is 1.48 bits per heavy atom. The van der Waals surface area contributed by atoms with E-state index in [0.717, 1.165) is 12.4 Å². The molecule has 0 aliphatic heterocycles. The van der Waals surface area contributed by atoms with Gasteiger partial charge in [0.1, 0.15) is 11.6 Å². The molecule has 0 atom stereocenters. The zero-order valence-corrected chi connectivity index (χ0v) is 11.8. The normalized spacial score (nSPS) is 10.5. The fraction of sp³-hybridized carbons (Fsp3) is 0.333. The van der Waals surface area contributed by atoms with Crippen molar-refractivity contribution >= 4 is 0 Å². The van der Waals surface area contributed by atoms with Gasteiger partial charge in [-0.25, -0.2) is 9.37 Å². The van der Waals surface area contributed by atoms with Gasteiger partial charge in [0.15, 0.2) is 0 Å². The summed E-state index contributed by atoms with van der Waals surface area (Å²) in [7, 11) is 1.65. The predicted molar refractivity (Wildman–Crippen MR) is 76.0 cm³/mol. The molecule has 110 valence electrons. The van der Waals surface area contributed by atoms with Gasteiger partial charge in [-0.1, -0.05) is 0 Å². The van der Waals surface area contributed by atoms with E-state index >= 15 is 0 Å². The Balaban J connectivity index is 2.07. The minimum absolute atomic E-state index is 0.319. The first kappa shape index (κ1) is 15.2. The van der Waals surface area contributed by atoms with E-state index in [4.69, 9.17) is 10.00 Å². The maximum Gasteiger partial charge on any atom is 0.128 e. The van der Waals surface area contributed by atoms with Crippen molar-refractivity contribution in [1.29, 1.82) is 5.26 Å². The maximum absolute atomic E-state index is 13.8. The minimum atomic E-state index is -0.319. The molecule has 0 amide bonds. The molecule has 0 saturated carbocycles. The average Bonchev–Trinajstić information content (AvgIpc) is 2.93. The Hall–Kier alpha value is -2.23. The predicted octanol–water partition coefficient (Wildman–Crippen LogP) is 1.68. The number of benzene rings is 1. The molecule has 1 aromatic heterocycles. The standard InChI is InChI=1S/C15H17FN4O/c1-21-7-5-18-10-15-19-4-6-20(15)11-13-8-12(9-17)2-3-14(13)16/h2-4,6,8,18H,5,7,10-11H2,1H3. The number of aromatic nitrogens is 2. The lowest BCUT2D eigenvalue weighted by Gasteiger charge is -2.10. The van der Waals surface area contributed by atoms with Crippen LogP contribution in [-0.4, -0.2) is 29.8 Å². The number of nitrogens with zero attached hydrogens (tertiary/aromatic N) is 3. The first-order valence-corrected chi connectivity index (χ1v) is 6.62. The van der Waals surface area contributed by atoms with Crippen molar-refractivity contribution in [2.24, 2.45) is 0 Å². The molecule has 0 aliphatic rings. The van der Waals surface area contributed by atoms with E-state index in [1.165, 1.54) is 12.1 Å². The molecule has 1 heterocycles. The zero-order chi connectivity index (χ0) is 15.1. The van der Waals surface area contributed by atoms with Crippen molar-refractivity contribution in [3.8, 4) is 6.07 Å². The van der Waals surface area contributed by atoms with Gasteiger partial charge in [0.25, 0.3) is 0 Å². The van der Waals surface area contributed by atoms with E-state index in [2.05, 4.69) is 10.3 Å². The third-order valence-electron chi connectivity index (χ3n) is 3.08. The van der Waals surface area contributed by atoms with Crippen molar-refractivity contribution in [3.63, 3.8) is 0 Å². The summed E-state index contributed by atoms with van der Waals surface area (Å²) in [4.78, 5) is 4.25. The van der Waals surface area contributed by atoms with Gasteiger partial charge in [-0.2, -0.15) is 5.26 Å². The van der Waals surface area contributed by atoms with Gasteiger partial charge >= 0.3 is 0 Å². The second-order valence-electron chi connectivity index (χ2n) is 4.56. The van der Waals surface area contributed by atoms with E-state index in [-0.39, 0.29) is 5.82 Å². The summed E-state index contributed by atoms with van der Waals surface area (Å²) in [6.45, 7) is 2.28. The molecular formula is C15H17FN4O. The van der Waals surface area contributed by atoms with E-state index in [9.17, 15) is 4.39 Å². The second-order valence-corrected chi connectivity index (χ2v) is 4.56. The van der Waals surface area contributed by atoms with Gasteiger partial charge in [0, 0.05) is 31.6 Å². The Morgan fingerprint density at radius 2 is 2.33 bits per heavy atom. The summed E-state index contributed by atoms with van der Waals surface area (Å²) in [5.41, 5.74) is 0.927. The van der Waals surface area contributed by atoms with Crippen molar-refractivity contribution < 1.29 is 9.13 Å². The number of hydrogen-bond donors (Lipinski definition) is 1. The molecule has 0 spiro atoms. The smallest absolute Gasteiger partial charge is 0.128 e. The van der Waals surface area contributed by atoms with Crippen LogP contribution in [0, 0.1) is 17.1 Å². The van der Waals surface area contributed by atoms with E-state index in [1.54, 1.807) is 25.6 Å². The fourth-order valence-corrected chi connectivity index (χ4v) is 1.97. The lowest BCUT2D eigenvalue weighted by Crippen LogP contribution is -2.21. The highest BCUT2D eigenvalue weighted by atomic mass is 19.1. The van der Waals surface area contributed by atoms with Crippen molar-refractivity contribution in [3.05, 3.63) is 53.4 Å². The molecule has 0 saturated heterocycles. The molecule has 0 radical (unpaired) electrons. The Morgan fingerprint density at radius 3 is 3.10 bits per heavy atom. The number of methoxy groups -OCH3 is 1. The van der Waals surface area contributed by atoms with Gasteiger partial charge in [0.2, 0.25) is 0 Å². The maximum atomic E-state index is 13.8. The van der Waals surface area contributed by atoms with Crippen LogP contribution in [0.2, 0.25) is 0 Å². The molecule has 5 nitrogen and oxygen atoms in total. The number of nitriles is 1. The average molecular weight is 288 g/mol. The Kier molecular flexibility index (Phi) is 5.43. The summed E-state index contributed by atoms with van der Waals surface area (Å²) in [5, 5.41) is 12.1. The lowest BCUT2D eigenvalue weighted by molar-refractivity contribution is 0.199. The van der Waals surface area contributed by atoms with E-state index in [1.807, 2.05) is 10.6 Å². The van der Waals surface area contributed by atoms with Crippen LogP contribution in [0.15, 0.2) is 30.6 Å². The Bertz CT molecular complexity index is 633. The number of ether oxygens (including phenoxy) is 1. The molecule has 1 aromatic carbocycles. The van der Waals surface area contributed by atoms with Crippen LogP contribution in [0.25, 0.3) is 0 Å². The van der Waals surface area contributed by atoms with Crippen LogP contribution in [0.3, 0.4) is 0 Å². The molecular weight excluding hydrogens is 271 g/mol. The number of imidazole rings is 1. The van der Waals surface area contributed by atoms with Crippen LogP contribution < -0.4 is 5.32 Å². The molecule has 0 fully saturated rings. The van der Waals surface area contributed by atoms with Gasteiger partial charge < -0.3 is 14.6 Å². The molecule has 21 heavy (non-hydrogen) atoms. The number of nitrogens with one attached hydrogen (secondary N) is 1. The van der Waals surface area contributed by atoms with Gasteiger partial charge in [-0.3, -0.25) is 0 Å². The summed E-state index contributed by atoms with van der Waals surface area (Å²) in [5.74, 6) is 0.494. The van der Waals surface area contributed by atoms with Gasteiger partial charge in [-0.05, 0) is 18.2 Å². The molecule has 6 heteroatoms. The van der Waals surface area contributed by atoms with Crippen LogP contribution in [0.5, 0.6) is 0 Å². The number of halogens is 1. The molecule has 0 unspecified atom stereocenters. The minimum Gasteiger partial charge on any atom is -0.383 e. The van der Waals surface area contributed by atoms with Crippen LogP contribution >= 0.6 is 0 Å². The number of rotatable bonds is 7. The lowest BCUT2D eigenvalue weighted by atomic mass is 10.1. The highest BCUT2D eigenvalue weighted by Gasteiger charge is 2.08. The summed E-state index contributed by atoms with van der Waals surface area (Å²) < 4.78 is 20.6. The summed E-state index contributed by atoms with van der Waals surface area (Å²) >= 11 is 0. The second kappa shape index (κ2) is 7.53. The number of hydrogen-bond acceptors (Lipinski definition) is 4. The topological polar surface area (TPSA) is 62.9 Å². The van der Waals surface area contributed by atoms with Crippen LogP contribution in [0.1, 0.15) is 17.0 Å². The molecule has 0 bridgehead atoms. The Labute approximate surface area is 123 Å². The summed E-state index contributed by atoms with van der Waals surface area (Å²) in [6.07, 6.45) is 3.48. The van der Waals surface area contributed by atoms with E-state index in [0.29, 0.717) is 30.8 Å². The largest absolute Gasteiger partial charge is 0.383 e. The van der Waals surface area contributed by atoms with Crippen molar-refractivity contribution in [2.75, 3.05) is 20.3 Å². The van der Waals surface area contributed by atoms with Gasteiger partial charge in [-0.15, -0.1) is 0 Å². The first-order chi connectivity index (χ1) is 10.2. The van der Waals surface area contributed by atoms with Gasteiger partial charge in [0.05, 0.1) is 31.3 Å². The van der Waals surface area contributed by atoms with Crippen LogP contribution in [0.4, 0.5) is 4.39 Å². The fourth-order valence-electron chi connectivity index (χ4n) is 1.97. The monoisotopic (exact) mass is 288 g/mol. The third kappa shape index (κ3) is 4.12. The molecule has 1 N–H and O–H groups in total. The van der Waals surface area contributed by atoms with E-state index < -0.39 is 0 Å². The van der Waals surface area contributed by atoms with Crippen LogP contribution in [-0.2, 0) is 17.8 Å². The first-order valence-electron chi connectivity index (χ1n) is 6.62. The SMILES string of the molecule is COCCNCc1nccn1Cc1cc(C#N)ccc1F. The summed E-state index contributed by atoms with van der Waals surface area (Å²) in [6, 6.07) is 6.38. The third-order valence-corrected chi connectivity index (χ3v) is 3.08. The highest BCUT2D eigenvalue weighted by Crippen LogP contribution is 2.13. The molecule has 0 aliphatic carbocycles. The molecule has 2 aromatic rings.